The molecule has 1 aliphatic heterocycles. The van der Waals surface area contributed by atoms with Gasteiger partial charge in [0.2, 0.25) is 0 Å². The van der Waals surface area contributed by atoms with Crippen LogP contribution in [-0.4, -0.2) is 46.0 Å². The zero-order valence-electron chi connectivity index (χ0n) is 15.6. The van der Waals surface area contributed by atoms with Crippen LogP contribution in [0.1, 0.15) is 34.8 Å². The molecule has 1 saturated heterocycles. The lowest BCUT2D eigenvalue weighted by Crippen LogP contribution is -2.25. The van der Waals surface area contributed by atoms with Crippen molar-refractivity contribution in [1.29, 1.82) is 0 Å². The van der Waals surface area contributed by atoms with Crippen LogP contribution in [0, 0.1) is 11.6 Å². The summed E-state index contributed by atoms with van der Waals surface area (Å²) in [6, 6.07) is 4.88. The Morgan fingerprint density at radius 2 is 2.07 bits per heavy atom. The Hall–Kier alpha value is -3.23. The Morgan fingerprint density at radius 3 is 2.82 bits per heavy atom. The van der Waals surface area contributed by atoms with Gasteiger partial charge in [0.1, 0.15) is 23.0 Å². The zero-order valence-corrected chi connectivity index (χ0v) is 15.6. The van der Waals surface area contributed by atoms with E-state index in [1.54, 1.807) is 26.4 Å². The Kier molecular flexibility index (Phi) is 4.37. The topological polar surface area (TPSA) is 79.8 Å². The molecule has 1 aromatic carbocycles. The number of anilines is 2. The smallest absolute Gasteiger partial charge is 0.261 e. The number of amides is 1. The number of nitrogens with zero attached hydrogens (tertiary/aromatic N) is 5. The second kappa shape index (κ2) is 6.74. The second-order valence-corrected chi connectivity index (χ2v) is 7.03. The summed E-state index contributed by atoms with van der Waals surface area (Å²) >= 11 is 0. The first-order chi connectivity index (χ1) is 13.4. The van der Waals surface area contributed by atoms with Crippen molar-refractivity contribution >= 4 is 23.2 Å². The van der Waals surface area contributed by atoms with Gasteiger partial charge in [-0.05, 0) is 37.1 Å². The molecule has 28 heavy (non-hydrogen) atoms. The number of rotatable bonds is 3. The number of hydrogen-bond acceptors (Lipinski definition) is 5. The number of fused-ring (bicyclic) bond motifs is 1. The van der Waals surface area contributed by atoms with Crippen LogP contribution in [-0.2, 0) is 0 Å². The molecule has 1 aliphatic rings. The predicted octanol–water partition coefficient (Wildman–Crippen LogP) is 2.63. The number of nitrogen functional groups attached to an aromatic ring is 1. The summed E-state index contributed by atoms with van der Waals surface area (Å²) in [5.74, 6) is -0.569. The number of carbonyl (C=O) groups excluding carboxylic acids is 1. The van der Waals surface area contributed by atoms with E-state index in [4.69, 9.17) is 5.73 Å². The minimum absolute atomic E-state index is 0.0949. The molecule has 0 spiro atoms. The standard InChI is InChI=1S/C19H20F2N6O/c1-25(2)19(28)16-17(22)24-27-9-7-15(23-18(16)27)26-8-3-4-14(26)12-10-11(20)5-6-13(12)21/h5-7,9-10,14H,3-4,8H2,1-2H3,(H2,22,24). The normalized spacial score (nSPS) is 16.7. The van der Waals surface area contributed by atoms with Crippen LogP contribution < -0.4 is 10.6 Å². The summed E-state index contributed by atoms with van der Waals surface area (Å²) in [4.78, 5) is 20.4. The van der Waals surface area contributed by atoms with Gasteiger partial charge in [0.05, 0.1) is 6.04 Å². The van der Waals surface area contributed by atoms with Gasteiger partial charge in [0.15, 0.2) is 11.5 Å². The van der Waals surface area contributed by atoms with Gasteiger partial charge in [-0.2, -0.15) is 0 Å². The van der Waals surface area contributed by atoms with E-state index in [2.05, 4.69) is 10.1 Å². The first-order valence-corrected chi connectivity index (χ1v) is 8.95. The molecule has 4 rings (SSSR count). The minimum atomic E-state index is -0.478. The lowest BCUT2D eigenvalue weighted by atomic mass is 10.0. The zero-order chi connectivity index (χ0) is 20.0. The molecule has 1 amide bonds. The van der Waals surface area contributed by atoms with E-state index in [1.807, 2.05) is 4.90 Å². The average Bonchev–Trinajstić information content (AvgIpc) is 3.26. The van der Waals surface area contributed by atoms with E-state index in [1.165, 1.54) is 15.5 Å². The van der Waals surface area contributed by atoms with Crippen molar-refractivity contribution in [2.45, 2.75) is 18.9 Å². The quantitative estimate of drug-likeness (QED) is 0.749. The van der Waals surface area contributed by atoms with Gasteiger partial charge in [-0.1, -0.05) is 0 Å². The molecule has 0 radical (unpaired) electrons. The molecule has 1 fully saturated rings. The molecule has 7 nitrogen and oxygen atoms in total. The second-order valence-electron chi connectivity index (χ2n) is 7.03. The lowest BCUT2D eigenvalue weighted by Gasteiger charge is -2.26. The SMILES string of the molecule is CN(C)C(=O)c1c(N)nn2ccc(N3CCCC3c3cc(F)ccc3F)nc12. The fourth-order valence-corrected chi connectivity index (χ4v) is 3.66. The first-order valence-electron chi connectivity index (χ1n) is 8.95. The highest BCUT2D eigenvalue weighted by atomic mass is 19.1. The van der Waals surface area contributed by atoms with E-state index in [0.717, 1.165) is 18.6 Å². The molecule has 9 heteroatoms. The van der Waals surface area contributed by atoms with Gasteiger partial charge in [0.25, 0.3) is 5.91 Å². The summed E-state index contributed by atoms with van der Waals surface area (Å²) in [7, 11) is 3.25. The number of nitrogens with two attached hydrogens (primary N) is 1. The Balaban J connectivity index is 1.79. The van der Waals surface area contributed by atoms with Crippen molar-refractivity contribution in [1.82, 2.24) is 19.5 Å². The number of halogens is 2. The molecule has 0 bridgehead atoms. The van der Waals surface area contributed by atoms with Gasteiger partial charge >= 0.3 is 0 Å². The molecule has 2 aromatic heterocycles. The maximum Gasteiger partial charge on any atom is 0.261 e. The molecule has 1 atom stereocenters. The highest BCUT2D eigenvalue weighted by Crippen LogP contribution is 2.37. The van der Waals surface area contributed by atoms with Crippen LogP contribution in [0.25, 0.3) is 5.65 Å². The van der Waals surface area contributed by atoms with Crippen molar-refractivity contribution in [3.8, 4) is 0 Å². The van der Waals surface area contributed by atoms with E-state index < -0.39 is 11.6 Å². The van der Waals surface area contributed by atoms with Gasteiger partial charge in [-0.15, -0.1) is 5.10 Å². The minimum Gasteiger partial charge on any atom is -0.381 e. The Morgan fingerprint density at radius 1 is 1.29 bits per heavy atom. The highest BCUT2D eigenvalue weighted by molar-refractivity contribution is 6.04. The fourth-order valence-electron chi connectivity index (χ4n) is 3.66. The average molecular weight is 386 g/mol. The van der Waals surface area contributed by atoms with Crippen LogP contribution in [0.5, 0.6) is 0 Å². The summed E-state index contributed by atoms with van der Waals surface area (Å²) in [6.45, 7) is 0.643. The number of carbonyl (C=O) groups is 1. The van der Waals surface area contributed by atoms with Gasteiger partial charge in [-0.3, -0.25) is 4.79 Å². The van der Waals surface area contributed by atoms with Gasteiger partial charge < -0.3 is 15.5 Å². The van der Waals surface area contributed by atoms with Gasteiger partial charge in [0, 0.05) is 32.4 Å². The molecular formula is C19H20F2N6O. The summed E-state index contributed by atoms with van der Waals surface area (Å²) in [5, 5.41) is 4.14. The lowest BCUT2D eigenvalue weighted by molar-refractivity contribution is 0.0830. The largest absolute Gasteiger partial charge is 0.381 e. The molecule has 3 heterocycles. The van der Waals surface area contributed by atoms with E-state index in [0.29, 0.717) is 30.0 Å². The summed E-state index contributed by atoms with van der Waals surface area (Å²) in [5.41, 5.74) is 6.78. The number of aromatic nitrogens is 3. The molecule has 0 saturated carbocycles. The predicted molar refractivity (Wildman–Crippen MR) is 101 cm³/mol. The fraction of sp³-hybridized carbons (Fsp3) is 0.316. The summed E-state index contributed by atoms with van der Waals surface area (Å²) in [6.07, 6.45) is 3.16. The molecule has 0 aliphatic carbocycles. The van der Waals surface area contributed by atoms with Crippen molar-refractivity contribution < 1.29 is 13.6 Å². The van der Waals surface area contributed by atoms with E-state index in [-0.39, 0.29) is 23.3 Å². The van der Waals surface area contributed by atoms with E-state index in [9.17, 15) is 13.6 Å². The third-order valence-electron chi connectivity index (χ3n) is 4.98. The highest BCUT2D eigenvalue weighted by Gasteiger charge is 2.30. The summed E-state index contributed by atoms with van der Waals surface area (Å²) < 4.78 is 29.5. The monoisotopic (exact) mass is 386 g/mol. The third-order valence-corrected chi connectivity index (χ3v) is 4.98. The molecular weight excluding hydrogens is 366 g/mol. The van der Waals surface area contributed by atoms with Crippen LogP contribution in [0.3, 0.4) is 0 Å². The molecule has 2 N–H and O–H groups in total. The number of hydrogen-bond donors (Lipinski definition) is 1. The first kappa shape index (κ1) is 18.1. The van der Waals surface area contributed by atoms with Crippen molar-refractivity contribution in [3.63, 3.8) is 0 Å². The van der Waals surface area contributed by atoms with Crippen molar-refractivity contribution in [2.75, 3.05) is 31.3 Å². The van der Waals surface area contributed by atoms with Crippen LogP contribution in [0.4, 0.5) is 20.4 Å². The van der Waals surface area contributed by atoms with Crippen LogP contribution in [0.15, 0.2) is 30.5 Å². The maximum atomic E-state index is 14.3. The van der Waals surface area contributed by atoms with Gasteiger partial charge in [-0.25, -0.2) is 18.3 Å². The Bertz CT molecular complexity index is 1060. The number of benzene rings is 1. The maximum absolute atomic E-state index is 14.3. The van der Waals surface area contributed by atoms with Crippen molar-refractivity contribution in [3.05, 3.63) is 53.2 Å². The molecule has 3 aromatic rings. The molecule has 1 unspecified atom stereocenters. The van der Waals surface area contributed by atoms with Crippen LogP contribution >= 0.6 is 0 Å². The molecule has 146 valence electrons. The Labute approximate surface area is 160 Å². The van der Waals surface area contributed by atoms with Crippen LogP contribution in [0.2, 0.25) is 0 Å². The van der Waals surface area contributed by atoms with E-state index >= 15 is 0 Å². The van der Waals surface area contributed by atoms with Crippen molar-refractivity contribution in [2.24, 2.45) is 0 Å². The third kappa shape index (κ3) is 2.92.